The third-order valence-corrected chi connectivity index (χ3v) is 5.25. The molecule has 1 aliphatic rings. The van der Waals surface area contributed by atoms with Crippen molar-refractivity contribution in [2.24, 2.45) is 5.92 Å². The summed E-state index contributed by atoms with van der Waals surface area (Å²) in [7, 11) is -3.67. The van der Waals surface area contributed by atoms with Crippen LogP contribution in [0, 0.1) is 12.8 Å². The minimum atomic E-state index is -3.67. The Morgan fingerprint density at radius 2 is 1.80 bits per heavy atom. The smallest absolute Gasteiger partial charge is 0.296 e. The lowest BCUT2D eigenvalue weighted by Gasteiger charge is -2.32. The van der Waals surface area contributed by atoms with Gasteiger partial charge in [-0.15, -0.1) is 0 Å². The average Bonchev–Trinajstić information content (AvgIpc) is 2.38. The van der Waals surface area contributed by atoms with Gasteiger partial charge in [0, 0.05) is 0 Å². The molecule has 1 aromatic rings. The van der Waals surface area contributed by atoms with Crippen molar-refractivity contribution in [1.29, 1.82) is 0 Å². The second-order valence-electron chi connectivity index (χ2n) is 5.99. The van der Waals surface area contributed by atoms with Crippen molar-refractivity contribution in [3.05, 3.63) is 29.8 Å². The molecule has 1 N–H and O–H groups in total. The van der Waals surface area contributed by atoms with E-state index < -0.39 is 15.7 Å². The van der Waals surface area contributed by atoms with Gasteiger partial charge >= 0.3 is 0 Å². The van der Waals surface area contributed by atoms with Crippen molar-refractivity contribution in [2.75, 3.05) is 6.61 Å². The quantitative estimate of drug-likeness (QED) is 0.868. The highest BCUT2D eigenvalue weighted by molar-refractivity contribution is 7.86. The Morgan fingerprint density at radius 1 is 1.25 bits per heavy atom. The molecule has 0 aromatic heterocycles. The third kappa shape index (κ3) is 4.04. The van der Waals surface area contributed by atoms with Crippen LogP contribution in [0.25, 0.3) is 0 Å². The van der Waals surface area contributed by atoms with Crippen molar-refractivity contribution < 1.29 is 17.7 Å². The van der Waals surface area contributed by atoms with Gasteiger partial charge in [0.15, 0.2) is 0 Å². The van der Waals surface area contributed by atoms with E-state index in [0.717, 1.165) is 18.4 Å². The van der Waals surface area contributed by atoms with Crippen molar-refractivity contribution in [3.63, 3.8) is 0 Å². The van der Waals surface area contributed by atoms with E-state index in [-0.39, 0.29) is 17.4 Å². The Kier molecular flexibility index (Phi) is 4.52. The van der Waals surface area contributed by atoms with Crippen LogP contribution >= 0.6 is 0 Å². The van der Waals surface area contributed by atoms with E-state index in [1.54, 1.807) is 24.3 Å². The van der Waals surface area contributed by atoms with Crippen LogP contribution in [-0.4, -0.2) is 25.7 Å². The molecule has 20 heavy (non-hydrogen) atoms. The van der Waals surface area contributed by atoms with Crippen LogP contribution in [0.4, 0.5) is 0 Å². The highest BCUT2D eigenvalue weighted by Crippen LogP contribution is 2.32. The lowest BCUT2D eigenvalue weighted by molar-refractivity contribution is 0.00199. The normalized spacial score (nSPS) is 27.4. The first-order valence-electron chi connectivity index (χ1n) is 6.97. The standard InChI is InChI=1S/C15H22O4S/c1-12-3-5-14(6-4-12)20(17,18)19-11-13-7-9-15(2,16)10-8-13/h3-6,13,16H,7-11H2,1-2H3/t13-,15-. The molecule has 4 nitrogen and oxygen atoms in total. The van der Waals surface area contributed by atoms with Gasteiger partial charge < -0.3 is 5.11 Å². The summed E-state index contributed by atoms with van der Waals surface area (Å²) in [4.78, 5) is 0.200. The zero-order valence-electron chi connectivity index (χ0n) is 12.0. The van der Waals surface area contributed by atoms with Crippen molar-refractivity contribution in [3.8, 4) is 0 Å². The number of aryl methyl sites for hydroxylation is 1. The molecule has 1 aliphatic carbocycles. The van der Waals surface area contributed by atoms with Gasteiger partial charge in [0.2, 0.25) is 0 Å². The molecule has 0 bridgehead atoms. The van der Waals surface area contributed by atoms with Gasteiger partial charge in [0.25, 0.3) is 10.1 Å². The van der Waals surface area contributed by atoms with Gasteiger partial charge in [-0.25, -0.2) is 0 Å². The molecule has 1 fully saturated rings. The average molecular weight is 298 g/mol. The maximum absolute atomic E-state index is 12.0. The fourth-order valence-corrected chi connectivity index (χ4v) is 3.40. The fourth-order valence-electron chi connectivity index (χ4n) is 2.42. The Labute approximate surface area is 120 Å². The Bertz CT molecular complexity index is 536. The molecule has 0 atom stereocenters. The largest absolute Gasteiger partial charge is 0.390 e. The predicted molar refractivity (Wildman–Crippen MR) is 76.9 cm³/mol. The van der Waals surface area contributed by atoms with Crippen LogP contribution in [0.2, 0.25) is 0 Å². The number of benzene rings is 1. The van der Waals surface area contributed by atoms with E-state index in [2.05, 4.69) is 0 Å². The SMILES string of the molecule is Cc1ccc(S(=O)(=O)OC[C@H]2CC[C@](C)(O)CC2)cc1. The zero-order chi connectivity index (χ0) is 14.8. The highest BCUT2D eigenvalue weighted by atomic mass is 32.2. The molecule has 0 amide bonds. The number of hydrogen-bond acceptors (Lipinski definition) is 4. The minimum absolute atomic E-state index is 0.200. The lowest BCUT2D eigenvalue weighted by Crippen LogP contribution is -2.32. The second-order valence-corrected chi connectivity index (χ2v) is 7.61. The van der Waals surface area contributed by atoms with Crippen LogP contribution in [0.5, 0.6) is 0 Å². The van der Waals surface area contributed by atoms with E-state index in [9.17, 15) is 13.5 Å². The van der Waals surface area contributed by atoms with Gasteiger partial charge in [-0.3, -0.25) is 4.18 Å². The summed E-state index contributed by atoms with van der Waals surface area (Å²) >= 11 is 0. The van der Waals surface area contributed by atoms with E-state index in [4.69, 9.17) is 4.18 Å². The van der Waals surface area contributed by atoms with Gasteiger partial charge in [-0.1, -0.05) is 17.7 Å². The maximum Gasteiger partial charge on any atom is 0.296 e. The monoisotopic (exact) mass is 298 g/mol. The molecule has 0 radical (unpaired) electrons. The van der Waals surface area contributed by atoms with E-state index >= 15 is 0 Å². The molecule has 1 saturated carbocycles. The second kappa shape index (κ2) is 5.84. The summed E-state index contributed by atoms with van der Waals surface area (Å²) in [6.07, 6.45) is 3.00. The first-order chi connectivity index (χ1) is 9.28. The summed E-state index contributed by atoms with van der Waals surface area (Å²) in [5.74, 6) is 0.204. The molecule has 112 valence electrons. The van der Waals surface area contributed by atoms with E-state index in [1.165, 1.54) is 0 Å². The van der Waals surface area contributed by atoms with Crippen molar-refractivity contribution in [1.82, 2.24) is 0 Å². The molecule has 0 spiro atoms. The van der Waals surface area contributed by atoms with Crippen molar-refractivity contribution in [2.45, 2.75) is 50.0 Å². The molecule has 0 aliphatic heterocycles. The molecule has 5 heteroatoms. The van der Waals surface area contributed by atoms with Crippen molar-refractivity contribution >= 4 is 10.1 Å². The molecule has 0 heterocycles. The Balaban J connectivity index is 1.92. The molecule has 1 aromatic carbocycles. The van der Waals surface area contributed by atoms with Crippen LogP contribution in [0.15, 0.2) is 29.2 Å². The van der Waals surface area contributed by atoms with Gasteiger partial charge in [0.05, 0.1) is 17.1 Å². The number of hydrogen-bond donors (Lipinski definition) is 1. The molecular formula is C15H22O4S. The summed E-state index contributed by atoms with van der Waals surface area (Å²) < 4.78 is 29.2. The summed E-state index contributed by atoms with van der Waals surface area (Å²) in [6.45, 7) is 3.94. The van der Waals surface area contributed by atoms with E-state index in [0.29, 0.717) is 12.8 Å². The first kappa shape index (κ1) is 15.5. The summed E-state index contributed by atoms with van der Waals surface area (Å²) in [5, 5.41) is 9.87. The topological polar surface area (TPSA) is 63.6 Å². The molecule has 0 saturated heterocycles. The third-order valence-electron chi connectivity index (χ3n) is 3.95. The number of aliphatic hydroxyl groups is 1. The fraction of sp³-hybridized carbons (Fsp3) is 0.600. The number of rotatable bonds is 4. The van der Waals surface area contributed by atoms with Gasteiger partial charge in [-0.05, 0) is 57.6 Å². The van der Waals surface area contributed by atoms with Gasteiger partial charge in [-0.2, -0.15) is 8.42 Å². The summed E-state index contributed by atoms with van der Waals surface area (Å²) in [6, 6.07) is 6.65. The lowest BCUT2D eigenvalue weighted by atomic mass is 9.80. The van der Waals surface area contributed by atoms with Crippen LogP contribution in [0.3, 0.4) is 0 Å². The molecular weight excluding hydrogens is 276 g/mol. The Morgan fingerprint density at radius 3 is 2.35 bits per heavy atom. The van der Waals surface area contributed by atoms with Crippen LogP contribution in [0.1, 0.15) is 38.2 Å². The van der Waals surface area contributed by atoms with Gasteiger partial charge in [0.1, 0.15) is 0 Å². The van der Waals surface area contributed by atoms with E-state index in [1.807, 2.05) is 13.8 Å². The molecule has 2 rings (SSSR count). The molecule has 0 unspecified atom stereocenters. The maximum atomic E-state index is 12.0. The van der Waals surface area contributed by atoms with Crippen LogP contribution < -0.4 is 0 Å². The predicted octanol–water partition coefficient (Wildman–Crippen LogP) is 2.64. The van der Waals surface area contributed by atoms with Crippen LogP contribution in [-0.2, 0) is 14.3 Å². The highest BCUT2D eigenvalue weighted by Gasteiger charge is 2.29. The minimum Gasteiger partial charge on any atom is -0.390 e. The Hall–Kier alpha value is -0.910. The first-order valence-corrected chi connectivity index (χ1v) is 8.38. The summed E-state index contributed by atoms with van der Waals surface area (Å²) in [5.41, 5.74) is 0.408. The zero-order valence-corrected chi connectivity index (χ0v) is 12.8.